The molecule has 1 aliphatic rings. The molecule has 0 radical (unpaired) electrons. The average Bonchev–Trinajstić information content (AvgIpc) is 2.79. The van der Waals surface area contributed by atoms with Crippen molar-refractivity contribution in [1.29, 1.82) is 0 Å². The lowest BCUT2D eigenvalue weighted by Gasteiger charge is -2.29. The number of anilines is 1. The van der Waals surface area contributed by atoms with Gasteiger partial charge in [-0.25, -0.2) is 0 Å². The number of hydrazine groups is 1. The van der Waals surface area contributed by atoms with E-state index in [2.05, 4.69) is 10.9 Å². The Labute approximate surface area is 197 Å². The standard InChI is InChI=1S/C23H25Cl2N3O4/c24-17-9-10-20(18(25)15-17)32-14-4-8-21(29)26-27-22(30)11-12-23(31)28-13-3-6-16-5-1-2-7-19(16)28/h1-2,5,7,9-10,15H,3-4,6,8,11-14H2,(H,26,29)(H,27,30). The zero-order valence-corrected chi connectivity index (χ0v) is 19.0. The zero-order valence-electron chi connectivity index (χ0n) is 17.5. The maximum atomic E-state index is 12.6. The van der Waals surface area contributed by atoms with E-state index in [1.165, 1.54) is 0 Å². The van der Waals surface area contributed by atoms with Crippen LogP contribution in [-0.2, 0) is 20.8 Å². The van der Waals surface area contributed by atoms with Crippen LogP contribution in [0.15, 0.2) is 42.5 Å². The van der Waals surface area contributed by atoms with Crippen LogP contribution in [0.3, 0.4) is 0 Å². The third-order valence-electron chi connectivity index (χ3n) is 5.02. The molecule has 7 nitrogen and oxygen atoms in total. The molecule has 3 amide bonds. The van der Waals surface area contributed by atoms with E-state index < -0.39 is 5.91 Å². The third-order valence-corrected chi connectivity index (χ3v) is 5.55. The zero-order chi connectivity index (χ0) is 22.9. The molecule has 2 N–H and O–H groups in total. The summed E-state index contributed by atoms with van der Waals surface area (Å²) in [5.74, 6) is -0.371. The van der Waals surface area contributed by atoms with Gasteiger partial charge < -0.3 is 9.64 Å². The van der Waals surface area contributed by atoms with Gasteiger partial charge in [0.25, 0.3) is 0 Å². The smallest absolute Gasteiger partial charge is 0.238 e. The number of nitrogens with zero attached hydrogens (tertiary/aromatic N) is 1. The first-order valence-electron chi connectivity index (χ1n) is 10.5. The second-order valence-electron chi connectivity index (χ2n) is 7.40. The highest BCUT2D eigenvalue weighted by Gasteiger charge is 2.22. The number of carbonyl (C=O) groups excluding carboxylic acids is 3. The number of fused-ring (bicyclic) bond motifs is 1. The lowest BCUT2D eigenvalue weighted by atomic mass is 10.0. The summed E-state index contributed by atoms with van der Waals surface area (Å²) >= 11 is 11.8. The molecule has 1 aliphatic heterocycles. The molecular weight excluding hydrogens is 453 g/mol. The van der Waals surface area contributed by atoms with Crippen molar-refractivity contribution >= 4 is 46.6 Å². The fourth-order valence-corrected chi connectivity index (χ4v) is 3.88. The van der Waals surface area contributed by atoms with Crippen molar-refractivity contribution in [3.05, 3.63) is 58.1 Å². The summed E-state index contributed by atoms with van der Waals surface area (Å²) in [6, 6.07) is 12.7. The first-order valence-corrected chi connectivity index (χ1v) is 11.2. The molecule has 0 atom stereocenters. The van der Waals surface area contributed by atoms with Gasteiger partial charge in [-0.2, -0.15) is 0 Å². The van der Waals surface area contributed by atoms with Crippen molar-refractivity contribution in [2.75, 3.05) is 18.1 Å². The number of rotatable bonds is 8. The summed E-state index contributed by atoms with van der Waals surface area (Å²) < 4.78 is 5.52. The Balaban J connectivity index is 1.32. The van der Waals surface area contributed by atoms with Crippen molar-refractivity contribution in [3.63, 3.8) is 0 Å². The number of para-hydroxylation sites is 1. The number of hydrogen-bond donors (Lipinski definition) is 2. The Morgan fingerprint density at radius 3 is 2.50 bits per heavy atom. The fourth-order valence-electron chi connectivity index (χ4n) is 3.42. The molecule has 0 saturated heterocycles. The van der Waals surface area contributed by atoms with Gasteiger partial charge in [0.05, 0.1) is 11.6 Å². The number of aryl methyl sites for hydroxylation is 1. The van der Waals surface area contributed by atoms with Crippen LogP contribution in [0.1, 0.15) is 37.7 Å². The molecule has 0 aliphatic carbocycles. The number of amides is 3. The molecule has 0 fully saturated rings. The summed E-state index contributed by atoms with van der Waals surface area (Å²) in [7, 11) is 0. The summed E-state index contributed by atoms with van der Waals surface area (Å²) in [6.07, 6.45) is 2.52. The van der Waals surface area contributed by atoms with Gasteiger partial charge in [-0.05, 0) is 49.1 Å². The molecule has 2 aromatic rings. The largest absolute Gasteiger partial charge is 0.492 e. The topological polar surface area (TPSA) is 87.7 Å². The third kappa shape index (κ3) is 6.87. The second-order valence-corrected chi connectivity index (χ2v) is 8.24. The molecule has 0 bridgehead atoms. The molecule has 170 valence electrons. The molecule has 9 heteroatoms. The molecule has 3 rings (SSSR count). The number of halogens is 2. The minimum absolute atomic E-state index is 0.00401. The Morgan fingerprint density at radius 1 is 0.969 bits per heavy atom. The average molecular weight is 478 g/mol. The minimum Gasteiger partial charge on any atom is -0.492 e. The van der Waals surface area contributed by atoms with E-state index in [1.807, 2.05) is 24.3 Å². The van der Waals surface area contributed by atoms with E-state index in [0.717, 1.165) is 24.1 Å². The molecule has 32 heavy (non-hydrogen) atoms. The molecule has 0 unspecified atom stereocenters. The predicted molar refractivity (Wildman–Crippen MR) is 124 cm³/mol. The SMILES string of the molecule is O=C(CCCOc1ccc(Cl)cc1Cl)NNC(=O)CCC(=O)N1CCCc2ccccc21. The first kappa shape index (κ1) is 23.9. The Kier molecular flexibility index (Phi) is 8.76. The first-order chi connectivity index (χ1) is 15.4. The quantitative estimate of drug-likeness (QED) is 0.443. The number of nitrogens with one attached hydrogen (secondary N) is 2. The Bertz CT molecular complexity index is 983. The van der Waals surface area contributed by atoms with Crippen LogP contribution in [0.5, 0.6) is 5.75 Å². The number of benzene rings is 2. The predicted octanol–water partition coefficient (Wildman–Crippen LogP) is 4.06. The normalized spacial score (nSPS) is 12.6. The molecule has 0 spiro atoms. The van der Waals surface area contributed by atoms with Crippen LogP contribution >= 0.6 is 23.2 Å². The number of ether oxygens (including phenoxy) is 1. The van der Waals surface area contributed by atoms with Crippen molar-refractivity contribution in [1.82, 2.24) is 10.9 Å². The van der Waals surface area contributed by atoms with Gasteiger partial charge in [0.2, 0.25) is 17.7 Å². The number of carbonyl (C=O) groups is 3. The summed E-state index contributed by atoms with van der Waals surface area (Å²) in [4.78, 5) is 38.2. The Morgan fingerprint density at radius 2 is 1.72 bits per heavy atom. The van der Waals surface area contributed by atoms with Gasteiger partial charge in [0.15, 0.2) is 0 Å². The van der Waals surface area contributed by atoms with Crippen molar-refractivity contribution in [3.8, 4) is 5.75 Å². The van der Waals surface area contributed by atoms with E-state index in [-0.39, 0.29) is 37.7 Å². The minimum atomic E-state index is -0.416. The molecule has 2 aromatic carbocycles. The van der Waals surface area contributed by atoms with Crippen molar-refractivity contribution < 1.29 is 19.1 Å². The van der Waals surface area contributed by atoms with Gasteiger partial charge in [-0.15, -0.1) is 0 Å². The van der Waals surface area contributed by atoms with Gasteiger partial charge >= 0.3 is 0 Å². The summed E-state index contributed by atoms with van der Waals surface area (Å²) in [5, 5.41) is 0.914. The molecule has 0 aromatic heterocycles. The van der Waals surface area contributed by atoms with Crippen LogP contribution in [0.25, 0.3) is 0 Å². The molecular formula is C23H25Cl2N3O4. The highest BCUT2D eigenvalue weighted by molar-refractivity contribution is 6.35. The molecule has 1 heterocycles. The van der Waals surface area contributed by atoms with Crippen molar-refractivity contribution in [2.45, 2.75) is 38.5 Å². The van der Waals surface area contributed by atoms with E-state index in [9.17, 15) is 14.4 Å². The van der Waals surface area contributed by atoms with E-state index in [4.69, 9.17) is 27.9 Å². The highest BCUT2D eigenvalue weighted by atomic mass is 35.5. The van der Waals surface area contributed by atoms with Crippen LogP contribution in [0, 0.1) is 0 Å². The van der Waals surface area contributed by atoms with Gasteiger partial charge in [0.1, 0.15) is 5.75 Å². The van der Waals surface area contributed by atoms with Crippen LogP contribution in [-0.4, -0.2) is 30.9 Å². The van der Waals surface area contributed by atoms with Gasteiger partial charge in [0, 0.05) is 36.5 Å². The van der Waals surface area contributed by atoms with E-state index >= 15 is 0 Å². The monoisotopic (exact) mass is 477 g/mol. The summed E-state index contributed by atoms with van der Waals surface area (Å²) in [5.41, 5.74) is 6.77. The van der Waals surface area contributed by atoms with E-state index in [1.54, 1.807) is 23.1 Å². The van der Waals surface area contributed by atoms with Crippen molar-refractivity contribution in [2.24, 2.45) is 0 Å². The molecule has 0 saturated carbocycles. The fraction of sp³-hybridized carbons (Fsp3) is 0.348. The highest BCUT2D eigenvalue weighted by Crippen LogP contribution is 2.28. The van der Waals surface area contributed by atoms with Crippen LogP contribution < -0.4 is 20.5 Å². The lowest BCUT2D eigenvalue weighted by Crippen LogP contribution is -2.42. The Hall–Kier alpha value is -2.77. The van der Waals surface area contributed by atoms with E-state index in [0.29, 0.717) is 28.8 Å². The lowest BCUT2D eigenvalue weighted by molar-refractivity contribution is -0.130. The maximum absolute atomic E-state index is 12.6. The second kappa shape index (κ2) is 11.7. The maximum Gasteiger partial charge on any atom is 0.238 e. The van der Waals surface area contributed by atoms with Gasteiger partial charge in [-0.1, -0.05) is 41.4 Å². The summed E-state index contributed by atoms with van der Waals surface area (Å²) in [6.45, 7) is 0.937. The van der Waals surface area contributed by atoms with Gasteiger partial charge in [-0.3, -0.25) is 25.2 Å². The van der Waals surface area contributed by atoms with Crippen LogP contribution in [0.2, 0.25) is 10.0 Å². The van der Waals surface area contributed by atoms with Crippen LogP contribution in [0.4, 0.5) is 5.69 Å². The number of hydrogen-bond acceptors (Lipinski definition) is 4.